The third-order valence-corrected chi connectivity index (χ3v) is 2.94. The summed E-state index contributed by atoms with van der Waals surface area (Å²) in [4.78, 5) is 3.27. The molecule has 19 heavy (non-hydrogen) atoms. The molecule has 1 heterocycles. The number of hydrogen-bond acceptors (Lipinski definition) is 5. The number of aromatic nitrogens is 2. The molecule has 0 fully saturated rings. The second kappa shape index (κ2) is 5.04. The van der Waals surface area contributed by atoms with E-state index in [2.05, 4.69) is 9.36 Å². The van der Waals surface area contributed by atoms with Crippen LogP contribution in [0.25, 0.3) is 0 Å². The molecule has 2 rings (SSSR count). The third-order valence-electron chi connectivity index (χ3n) is 2.34. The summed E-state index contributed by atoms with van der Waals surface area (Å²) in [6.07, 6.45) is -3.77. The van der Waals surface area contributed by atoms with Gasteiger partial charge in [-0.05, 0) is 24.1 Å². The molecule has 2 N–H and O–H groups in total. The fraction of sp³-hybridized carbons (Fsp3) is 0.273. The number of nitrogen functional groups attached to an aromatic ring is 1. The van der Waals surface area contributed by atoms with Crippen LogP contribution in [0.1, 0.15) is 18.3 Å². The molecule has 0 atom stereocenters. The van der Waals surface area contributed by atoms with Gasteiger partial charge in [0.15, 0.2) is 5.75 Å². The molecule has 1 aromatic carbocycles. The molecule has 0 amide bonds. The first-order valence-electron chi connectivity index (χ1n) is 5.37. The van der Waals surface area contributed by atoms with Gasteiger partial charge in [-0.1, -0.05) is 13.0 Å². The van der Waals surface area contributed by atoms with Crippen molar-refractivity contribution in [3.63, 3.8) is 0 Å². The molecule has 0 spiro atoms. The summed E-state index contributed by atoms with van der Waals surface area (Å²) in [7, 11) is 0. The van der Waals surface area contributed by atoms with E-state index in [9.17, 15) is 13.2 Å². The van der Waals surface area contributed by atoms with Crippen molar-refractivity contribution >= 4 is 17.2 Å². The standard InChI is InChI=1S/C11H10F3N3OS/c1-2-6-3-4-8(7(15)5-6)18-10-16-9(17-19-10)11(12,13)14/h3-5H,2,15H2,1H3. The SMILES string of the molecule is CCc1ccc(Oc2nc(C(F)(F)F)ns2)c(N)c1. The number of alkyl halides is 3. The summed E-state index contributed by atoms with van der Waals surface area (Å²) in [5, 5.41) is -0.191. The highest BCUT2D eigenvalue weighted by Gasteiger charge is 2.36. The van der Waals surface area contributed by atoms with Crippen LogP contribution in [0, 0.1) is 0 Å². The number of anilines is 1. The van der Waals surface area contributed by atoms with Crippen molar-refractivity contribution in [3.8, 4) is 10.9 Å². The average molecular weight is 289 g/mol. The van der Waals surface area contributed by atoms with Gasteiger partial charge in [0.1, 0.15) is 0 Å². The van der Waals surface area contributed by atoms with Gasteiger partial charge in [0.05, 0.1) is 5.69 Å². The molecule has 0 bridgehead atoms. The van der Waals surface area contributed by atoms with Gasteiger partial charge in [0.2, 0.25) is 0 Å². The summed E-state index contributed by atoms with van der Waals surface area (Å²) in [5.74, 6) is -0.946. The van der Waals surface area contributed by atoms with Crippen molar-refractivity contribution in [2.24, 2.45) is 0 Å². The molecule has 0 radical (unpaired) electrons. The Hall–Kier alpha value is -1.83. The van der Waals surface area contributed by atoms with Crippen LogP contribution >= 0.6 is 11.5 Å². The van der Waals surface area contributed by atoms with E-state index in [-0.39, 0.29) is 10.9 Å². The Labute approximate surface area is 111 Å². The Morgan fingerprint density at radius 1 is 1.37 bits per heavy atom. The first-order valence-corrected chi connectivity index (χ1v) is 6.14. The lowest BCUT2D eigenvalue weighted by atomic mass is 10.1. The molecular weight excluding hydrogens is 279 g/mol. The molecule has 0 unspecified atom stereocenters. The predicted octanol–water partition coefficient (Wildman–Crippen LogP) is 3.49. The zero-order valence-corrected chi connectivity index (χ0v) is 10.7. The summed E-state index contributed by atoms with van der Waals surface area (Å²) in [6, 6.07) is 5.10. The molecule has 0 saturated carbocycles. The summed E-state index contributed by atoms with van der Waals surface area (Å²) in [6.45, 7) is 1.97. The lowest BCUT2D eigenvalue weighted by Gasteiger charge is -2.06. The van der Waals surface area contributed by atoms with E-state index in [0.29, 0.717) is 17.2 Å². The zero-order chi connectivity index (χ0) is 14.0. The maximum atomic E-state index is 12.3. The number of benzene rings is 1. The minimum absolute atomic E-state index is 0.191. The number of nitrogens with zero attached hydrogens (tertiary/aromatic N) is 2. The normalized spacial score (nSPS) is 11.6. The van der Waals surface area contributed by atoms with Crippen molar-refractivity contribution in [3.05, 3.63) is 29.6 Å². The fourth-order valence-corrected chi connectivity index (χ4v) is 1.93. The smallest absolute Gasteiger partial charge is 0.428 e. The average Bonchev–Trinajstić information content (AvgIpc) is 2.80. The van der Waals surface area contributed by atoms with Gasteiger partial charge in [-0.15, -0.1) is 0 Å². The lowest BCUT2D eigenvalue weighted by Crippen LogP contribution is -2.07. The lowest BCUT2D eigenvalue weighted by molar-refractivity contribution is -0.144. The number of nitrogens with two attached hydrogens (primary N) is 1. The van der Waals surface area contributed by atoms with Crippen molar-refractivity contribution in [1.82, 2.24) is 9.36 Å². The first-order chi connectivity index (χ1) is 8.90. The van der Waals surface area contributed by atoms with E-state index in [1.54, 1.807) is 18.2 Å². The van der Waals surface area contributed by atoms with Crippen molar-refractivity contribution in [1.29, 1.82) is 0 Å². The topological polar surface area (TPSA) is 61.0 Å². The maximum Gasteiger partial charge on any atom is 0.452 e. The van der Waals surface area contributed by atoms with Gasteiger partial charge in [-0.3, -0.25) is 0 Å². The predicted molar refractivity (Wildman–Crippen MR) is 65.2 cm³/mol. The minimum atomic E-state index is -4.57. The van der Waals surface area contributed by atoms with Crippen molar-refractivity contribution < 1.29 is 17.9 Å². The van der Waals surface area contributed by atoms with E-state index in [1.807, 2.05) is 6.92 Å². The monoisotopic (exact) mass is 289 g/mol. The van der Waals surface area contributed by atoms with Crippen LogP contribution in [0.4, 0.5) is 18.9 Å². The van der Waals surface area contributed by atoms with Crippen molar-refractivity contribution in [2.45, 2.75) is 19.5 Å². The summed E-state index contributed by atoms with van der Waals surface area (Å²) in [5.41, 5.74) is 7.11. The van der Waals surface area contributed by atoms with E-state index in [0.717, 1.165) is 12.0 Å². The van der Waals surface area contributed by atoms with Crippen LogP contribution in [-0.2, 0) is 12.6 Å². The van der Waals surface area contributed by atoms with Crippen LogP contribution in [0.3, 0.4) is 0 Å². The number of ether oxygens (including phenoxy) is 1. The molecule has 1 aromatic heterocycles. The molecule has 102 valence electrons. The highest BCUT2D eigenvalue weighted by Crippen LogP contribution is 2.33. The quantitative estimate of drug-likeness (QED) is 0.879. The van der Waals surface area contributed by atoms with Gasteiger partial charge < -0.3 is 10.5 Å². The number of rotatable bonds is 3. The van der Waals surface area contributed by atoms with Crippen LogP contribution in [0.2, 0.25) is 0 Å². The zero-order valence-electron chi connectivity index (χ0n) is 9.86. The van der Waals surface area contributed by atoms with Gasteiger partial charge in [0.25, 0.3) is 11.0 Å². The highest BCUT2D eigenvalue weighted by molar-refractivity contribution is 7.07. The maximum absolute atomic E-state index is 12.3. The fourth-order valence-electron chi connectivity index (χ4n) is 1.37. The van der Waals surface area contributed by atoms with E-state index < -0.39 is 12.0 Å². The Bertz CT molecular complexity index is 583. The Balaban J connectivity index is 2.20. The molecule has 4 nitrogen and oxygen atoms in total. The Morgan fingerprint density at radius 2 is 2.11 bits per heavy atom. The Morgan fingerprint density at radius 3 is 2.63 bits per heavy atom. The molecule has 2 aromatic rings. The molecule has 0 saturated heterocycles. The molecule has 0 aliphatic rings. The van der Waals surface area contributed by atoms with Gasteiger partial charge in [0, 0.05) is 11.5 Å². The van der Waals surface area contributed by atoms with Gasteiger partial charge >= 0.3 is 6.18 Å². The molecule has 8 heteroatoms. The van der Waals surface area contributed by atoms with Crippen molar-refractivity contribution in [2.75, 3.05) is 5.73 Å². The van der Waals surface area contributed by atoms with Gasteiger partial charge in [-0.2, -0.15) is 22.5 Å². The first kappa shape index (κ1) is 13.6. The van der Waals surface area contributed by atoms with Gasteiger partial charge in [-0.25, -0.2) is 0 Å². The number of aryl methyl sites for hydroxylation is 1. The number of hydrogen-bond donors (Lipinski definition) is 1. The van der Waals surface area contributed by atoms with Crippen LogP contribution < -0.4 is 10.5 Å². The molecular formula is C11H10F3N3OS. The second-order valence-corrected chi connectivity index (χ2v) is 4.42. The third kappa shape index (κ3) is 3.14. The highest BCUT2D eigenvalue weighted by atomic mass is 32.1. The minimum Gasteiger partial charge on any atom is -0.428 e. The Kier molecular flexibility index (Phi) is 3.61. The summed E-state index contributed by atoms with van der Waals surface area (Å²) < 4.78 is 45.3. The largest absolute Gasteiger partial charge is 0.452 e. The van der Waals surface area contributed by atoms with E-state index in [1.165, 1.54) is 0 Å². The van der Waals surface area contributed by atoms with Crippen LogP contribution in [0.15, 0.2) is 18.2 Å². The summed E-state index contributed by atoms with van der Waals surface area (Å²) >= 11 is 0.531. The second-order valence-electron chi connectivity index (χ2n) is 3.71. The molecule has 0 aliphatic heterocycles. The molecule has 0 aliphatic carbocycles. The van der Waals surface area contributed by atoms with Crippen LogP contribution in [-0.4, -0.2) is 9.36 Å². The van der Waals surface area contributed by atoms with E-state index in [4.69, 9.17) is 10.5 Å². The van der Waals surface area contributed by atoms with E-state index >= 15 is 0 Å². The number of halogens is 3. The van der Waals surface area contributed by atoms with Crippen LogP contribution in [0.5, 0.6) is 10.9 Å².